The molecule has 0 saturated heterocycles. The fraction of sp³-hybridized carbons (Fsp3) is 0.0370. The average molecular weight is 839 g/mol. The Hall–Kier alpha value is -6.28. The minimum Gasteiger partial charge on any atom is -0.310 e. The number of hydrogen-bond acceptors (Lipinski definition) is 6. The summed E-state index contributed by atoms with van der Waals surface area (Å²) in [6, 6.07) is 72.9. The van der Waals surface area contributed by atoms with E-state index in [1.807, 2.05) is 45.3 Å². The van der Waals surface area contributed by atoms with Gasteiger partial charge in [-0.05, 0) is 117 Å². The number of para-hydroxylation sites is 6. The lowest BCUT2D eigenvalue weighted by Crippen LogP contribution is -2.47. The van der Waals surface area contributed by atoms with Gasteiger partial charge in [0, 0.05) is 40.6 Å². The number of thiophene rings is 4. The van der Waals surface area contributed by atoms with Crippen molar-refractivity contribution in [1.82, 2.24) is 0 Å². The summed E-state index contributed by atoms with van der Waals surface area (Å²) in [6.45, 7) is 0. The maximum absolute atomic E-state index is 2.58. The third kappa shape index (κ3) is 4.51. The van der Waals surface area contributed by atoms with Crippen LogP contribution in [0.25, 0.3) is 19.5 Å². The zero-order valence-corrected chi connectivity index (χ0v) is 35.4. The van der Waals surface area contributed by atoms with Crippen LogP contribution in [-0.4, -0.2) is 0 Å². The zero-order chi connectivity index (χ0) is 39.4. The molecular formula is C54H34N2S4. The van der Waals surface area contributed by atoms with Crippen LogP contribution in [0.15, 0.2) is 205 Å². The third-order valence-electron chi connectivity index (χ3n) is 12.7. The van der Waals surface area contributed by atoms with Crippen LogP contribution in [0.4, 0.5) is 34.1 Å². The monoisotopic (exact) mass is 838 g/mol. The second-order valence-corrected chi connectivity index (χ2v) is 19.6. The van der Waals surface area contributed by atoms with Crippen molar-refractivity contribution < 1.29 is 0 Å². The first kappa shape index (κ1) is 34.6. The topological polar surface area (TPSA) is 6.48 Å². The normalized spacial score (nSPS) is 14.9. The van der Waals surface area contributed by atoms with Gasteiger partial charge in [0.25, 0.3) is 0 Å². The van der Waals surface area contributed by atoms with Gasteiger partial charge in [0.2, 0.25) is 0 Å². The smallest absolute Gasteiger partial charge is 0.0850 e. The van der Waals surface area contributed by atoms with E-state index in [1.165, 1.54) is 85.4 Å². The first-order valence-corrected chi connectivity index (χ1v) is 23.6. The Morgan fingerprint density at radius 1 is 0.300 bits per heavy atom. The van der Waals surface area contributed by atoms with Crippen molar-refractivity contribution in [2.45, 2.75) is 10.8 Å². The summed E-state index contributed by atoms with van der Waals surface area (Å²) < 4.78 is 0. The van der Waals surface area contributed by atoms with Crippen molar-refractivity contribution in [3.8, 4) is 19.5 Å². The van der Waals surface area contributed by atoms with Gasteiger partial charge in [0.15, 0.2) is 0 Å². The Bertz CT molecular complexity index is 2870. The Morgan fingerprint density at radius 3 is 0.967 bits per heavy atom. The van der Waals surface area contributed by atoms with E-state index in [9.17, 15) is 0 Å². The molecule has 1 aliphatic carbocycles. The second kappa shape index (κ2) is 13.1. The van der Waals surface area contributed by atoms with E-state index in [0.29, 0.717) is 0 Å². The Morgan fingerprint density at radius 2 is 0.633 bits per heavy atom. The van der Waals surface area contributed by atoms with E-state index < -0.39 is 10.8 Å². The molecule has 284 valence electrons. The van der Waals surface area contributed by atoms with Crippen LogP contribution in [-0.2, 0) is 10.8 Å². The van der Waals surface area contributed by atoms with Gasteiger partial charge in [-0.1, -0.05) is 121 Å². The highest BCUT2D eigenvalue weighted by molar-refractivity contribution is 7.22. The summed E-state index contributed by atoms with van der Waals surface area (Å²) in [5.74, 6) is 0. The first-order valence-electron chi connectivity index (χ1n) is 20.2. The summed E-state index contributed by atoms with van der Waals surface area (Å²) in [4.78, 5) is 13.0. The molecule has 0 saturated carbocycles. The summed E-state index contributed by atoms with van der Waals surface area (Å²) in [6.07, 6.45) is 0. The van der Waals surface area contributed by atoms with Gasteiger partial charge in [0.05, 0.1) is 33.6 Å². The molecule has 4 aromatic heterocycles. The van der Waals surface area contributed by atoms with Crippen LogP contribution < -0.4 is 9.80 Å². The number of nitrogens with zero attached hydrogens (tertiary/aromatic N) is 2. The molecule has 2 nitrogen and oxygen atoms in total. The Kier molecular flexibility index (Phi) is 7.55. The van der Waals surface area contributed by atoms with E-state index in [2.05, 4.69) is 215 Å². The lowest BCUT2D eigenvalue weighted by atomic mass is 9.53. The van der Waals surface area contributed by atoms with Crippen molar-refractivity contribution in [3.63, 3.8) is 0 Å². The van der Waals surface area contributed by atoms with Crippen molar-refractivity contribution in [3.05, 3.63) is 248 Å². The molecule has 0 radical (unpaired) electrons. The first-order chi connectivity index (χ1) is 29.8. The molecule has 6 heterocycles. The van der Waals surface area contributed by atoms with Gasteiger partial charge in [-0.25, -0.2) is 0 Å². The minimum atomic E-state index is -0.610. The number of fused-ring (bicyclic) bond motifs is 14. The molecule has 0 fully saturated rings. The number of benzene rings is 6. The Labute approximate surface area is 365 Å². The van der Waals surface area contributed by atoms with E-state index in [0.717, 1.165) is 11.4 Å². The van der Waals surface area contributed by atoms with Gasteiger partial charge >= 0.3 is 0 Å². The molecular weight excluding hydrogens is 805 g/mol. The fourth-order valence-electron chi connectivity index (χ4n) is 10.5. The quantitative estimate of drug-likeness (QED) is 0.174. The van der Waals surface area contributed by atoms with E-state index in [1.54, 1.807) is 0 Å². The number of hydrogen-bond donors (Lipinski definition) is 0. The highest BCUT2D eigenvalue weighted by atomic mass is 32.1. The molecule has 0 bridgehead atoms. The molecule has 2 spiro atoms. The van der Waals surface area contributed by atoms with Crippen LogP contribution in [0.2, 0.25) is 0 Å². The second-order valence-electron chi connectivity index (χ2n) is 15.6. The van der Waals surface area contributed by atoms with Crippen LogP contribution in [0.3, 0.4) is 0 Å². The third-order valence-corrected chi connectivity index (χ3v) is 17.3. The van der Waals surface area contributed by atoms with Crippen molar-refractivity contribution in [1.29, 1.82) is 0 Å². The van der Waals surface area contributed by atoms with E-state index >= 15 is 0 Å². The SMILES string of the molecule is c1ccc(N2c3ccccc3C3(c4ccccc42)c2cc(-c4cccs4)sc2C2(c4ccccc4N(c4ccccc4)c4ccccc42)c2cc(-c4cccs4)sc23)cc1. The fourth-order valence-corrected chi connectivity index (χ4v) is 15.0. The highest BCUT2D eigenvalue weighted by Crippen LogP contribution is 2.71. The molecule has 0 atom stereocenters. The van der Waals surface area contributed by atoms with Crippen LogP contribution in [0, 0.1) is 0 Å². The highest BCUT2D eigenvalue weighted by Gasteiger charge is 2.61. The van der Waals surface area contributed by atoms with Gasteiger partial charge in [-0.15, -0.1) is 45.3 Å². The molecule has 10 aromatic rings. The maximum Gasteiger partial charge on any atom is 0.0850 e. The van der Waals surface area contributed by atoms with Crippen LogP contribution >= 0.6 is 45.3 Å². The lowest BCUT2D eigenvalue weighted by Gasteiger charge is -2.53. The van der Waals surface area contributed by atoms with Crippen molar-refractivity contribution in [2.75, 3.05) is 9.80 Å². The standard InChI is InChI=1S/C54H34N2S4/c1-3-17-35(18-4-1)55-43-25-11-7-21-37(43)53(38-22-8-12-26-44(38)55)41-33-49(47-29-15-31-57-47)60-52(41)54(42-34-50(59-51(42)53)48-30-16-32-58-48)39-23-9-13-27-45(39)56(36-19-5-2-6-20-36)46-28-14-10-24-40(46)54/h1-34H. The summed E-state index contributed by atoms with van der Waals surface area (Å²) in [7, 11) is 0. The van der Waals surface area contributed by atoms with Gasteiger partial charge in [0.1, 0.15) is 0 Å². The number of anilines is 6. The summed E-state index contributed by atoms with van der Waals surface area (Å²) in [5.41, 5.74) is 13.9. The molecule has 2 aliphatic heterocycles. The minimum absolute atomic E-state index is 0.610. The van der Waals surface area contributed by atoms with Crippen LogP contribution in [0.5, 0.6) is 0 Å². The lowest BCUT2D eigenvalue weighted by molar-refractivity contribution is 0.634. The van der Waals surface area contributed by atoms with E-state index in [-0.39, 0.29) is 0 Å². The molecule has 13 rings (SSSR count). The van der Waals surface area contributed by atoms with Crippen molar-refractivity contribution in [2.24, 2.45) is 0 Å². The summed E-state index contributed by atoms with van der Waals surface area (Å²) >= 11 is 7.65. The summed E-state index contributed by atoms with van der Waals surface area (Å²) in [5, 5.41) is 4.44. The average Bonchev–Trinajstić information content (AvgIpc) is 4.16. The molecule has 6 heteroatoms. The Balaban J connectivity index is 1.23. The molecule has 6 aromatic carbocycles. The number of rotatable bonds is 4. The van der Waals surface area contributed by atoms with Gasteiger partial charge < -0.3 is 9.80 Å². The molecule has 0 unspecified atom stereocenters. The predicted molar refractivity (Wildman–Crippen MR) is 255 cm³/mol. The van der Waals surface area contributed by atoms with E-state index in [4.69, 9.17) is 0 Å². The van der Waals surface area contributed by atoms with Gasteiger partial charge in [-0.3, -0.25) is 0 Å². The van der Waals surface area contributed by atoms with Crippen molar-refractivity contribution >= 4 is 79.5 Å². The molecule has 60 heavy (non-hydrogen) atoms. The van der Waals surface area contributed by atoms with Gasteiger partial charge in [-0.2, -0.15) is 0 Å². The maximum atomic E-state index is 2.58. The van der Waals surface area contributed by atoms with Crippen LogP contribution in [0.1, 0.15) is 43.1 Å². The molecule has 3 aliphatic rings. The largest absolute Gasteiger partial charge is 0.310 e. The zero-order valence-electron chi connectivity index (χ0n) is 32.2. The molecule has 0 amide bonds. The molecule has 0 N–H and O–H groups in total. The predicted octanol–water partition coefficient (Wildman–Crippen LogP) is 15.9.